The van der Waals surface area contributed by atoms with Gasteiger partial charge in [-0.3, -0.25) is 9.59 Å². The lowest BCUT2D eigenvalue weighted by molar-refractivity contribution is -0.139. The average Bonchev–Trinajstić information content (AvgIpc) is 1.94. The van der Waals surface area contributed by atoms with Crippen molar-refractivity contribution in [1.82, 2.24) is 5.32 Å². The molecule has 0 radical (unpaired) electrons. The minimum absolute atomic E-state index is 0.0550. The lowest BCUT2D eigenvalue weighted by Gasteiger charge is -2.31. The Hall–Kier alpha value is -1.06. The Bertz CT molecular complexity index is 196. The molecule has 1 fully saturated rings. The van der Waals surface area contributed by atoms with E-state index in [1.165, 1.54) is 0 Å². The number of aliphatic carboxylic acids is 1. The summed E-state index contributed by atoms with van der Waals surface area (Å²) in [6, 6.07) is 0. The second kappa shape index (κ2) is 3.56. The molecular formula is C8H13NO3. The van der Waals surface area contributed by atoms with Crippen LogP contribution in [-0.2, 0) is 9.59 Å². The molecular weight excluding hydrogens is 158 g/mol. The van der Waals surface area contributed by atoms with Crippen LogP contribution in [0.15, 0.2) is 0 Å². The van der Waals surface area contributed by atoms with Gasteiger partial charge in [-0.2, -0.15) is 0 Å². The molecule has 1 amide bonds. The number of rotatable bonds is 3. The van der Waals surface area contributed by atoms with E-state index in [-0.39, 0.29) is 18.4 Å². The summed E-state index contributed by atoms with van der Waals surface area (Å²) in [5, 5.41) is 10.6. The zero-order valence-electron chi connectivity index (χ0n) is 7.04. The predicted molar refractivity (Wildman–Crippen MR) is 42.5 cm³/mol. The summed E-state index contributed by atoms with van der Waals surface area (Å²) in [5.41, 5.74) is 0. The van der Waals surface area contributed by atoms with E-state index in [0.717, 1.165) is 12.8 Å². The van der Waals surface area contributed by atoms with E-state index in [9.17, 15) is 9.59 Å². The van der Waals surface area contributed by atoms with Gasteiger partial charge in [0.05, 0.1) is 0 Å². The van der Waals surface area contributed by atoms with Crippen LogP contribution in [0.5, 0.6) is 0 Å². The molecule has 0 aliphatic heterocycles. The van der Waals surface area contributed by atoms with Gasteiger partial charge in [-0.25, -0.2) is 0 Å². The fourth-order valence-electron chi connectivity index (χ4n) is 1.42. The average molecular weight is 171 g/mol. The molecule has 0 aromatic carbocycles. The maximum absolute atomic E-state index is 11.1. The van der Waals surface area contributed by atoms with Gasteiger partial charge in [0, 0.05) is 5.92 Å². The van der Waals surface area contributed by atoms with E-state index in [4.69, 9.17) is 5.11 Å². The maximum atomic E-state index is 11.1. The van der Waals surface area contributed by atoms with Crippen LogP contribution in [0.2, 0.25) is 0 Å². The molecule has 0 heterocycles. The largest absolute Gasteiger partial charge is 0.480 e. The van der Waals surface area contributed by atoms with E-state index in [1.54, 1.807) is 0 Å². The molecule has 2 N–H and O–H groups in total. The normalized spacial score (nSPS) is 27.4. The van der Waals surface area contributed by atoms with E-state index in [2.05, 4.69) is 12.2 Å². The number of carboxylic acid groups (broad SMARTS) is 1. The first-order chi connectivity index (χ1) is 5.59. The maximum Gasteiger partial charge on any atom is 0.322 e. The summed E-state index contributed by atoms with van der Waals surface area (Å²) in [5.74, 6) is -0.434. The Morgan fingerprint density at radius 2 is 2.08 bits per heavy atom. The first-order valence-electron chi connectivity index (χ1n) is 4.09. The zero-order valence-corrected chi connectivity index (χ0v) is 7.04. The van der Waals surface area contributed by atoms with Crippen molar-refractivity contribution in [1.29, 1.82) is 0 Å². The molecule has 0 unspecified atom stereocenters. The highest BCUT2D eigenvalue weighted by atomic mass is 16.4. The second-order valence-electron chi connectivity index (χ2n) is 3.39. The third-order valence-corrected chi connectivity index (χ3v) is 2.16. The van der Waals surface area contributed by atoms with Gasteiger partial charge < -0.3 is 10.4 Å². The summed E-state index contributed by atoms with van der Waals surface area (Å²) >= 11 is 0. The van der Waals surface area contributed by atoms with Crippen LogP contribution in [0.3, 0.4) is 0 Å². The van der Waals surface area contributed by atoms with Crippen LogP contribution in [0.1, 0.15) is 19.8 Å². The highest BCUT2D eigenvalue weighted by Gasteiger charge is 2.31. The molecule has 4 heteroatoms. The minimum Gasteiger partial charge on any atom is -0.480 e. The van der Waals surface area contributed by atoms with Crippen molar-refractivity contribution in [2.75, 3.05) is 6.54 Å². The van der Waals surface area contributed by atoms with Crippen LogP contribution in [0, 0.1) is 11.8 Å². The van der Waals surface area contributed by atoms with Crippen LogP contribution >= 0.6 is 0 Å². The van der Waals surface area contributed by atoms with E-state index in [1.807, 2.05) is 0 Å². The molecule has 1 aliphatic carbocycles. The van der Waals surface area contributed by atoms with Gasteiger partial charge in [0.15, 0.2) is 0 Å². The van der Waals surface area contributed by atoms with Gasteiger partial charge in [-0.1, -0.05) is 6.92 Å². The van der Waals surface area contributed by atoms with Crippen molar-refractivity contribution in [3.05, 3.63) is 0 Å². The molecule has 1 rings (SSSR count). The molecule has 1 saturated carbocycles. The Morgan fingerprint density at radius 1 is 1.50 bits per heavy atom. The summed E-state index contributed by atoms with van der Waals surface area (Å²) in [7, 11) is 0. The highest BCUT2D eigenvalue weighted by Crippen LogP contribution is 2.32. The standard InChI is InChI=1S/C8H13NO3/c1-5-2-6(3-5)8(12)9-4-7(10)11/h5-6H,2-4H2,1H3,(H,9,12)(H,10,11). The Kier molecular flexibility index (Phi) is 2.68. The van der Waals surface area contributed by atoms with Crippen LogP contribution < -0.4 is 5.32 Å². The summed E-state index contributed by atoms with van der Waals surface area (Å²) in [4.78, 5) is 21.2. The van der Waals surface area contributed by atoms with Crippen LogP contribution in [0.4, 0.5) is 0 Å². The van der Waals surface area contributed by atoms with Crippen LogP contribution in [-0.4, -0.2) is 23.5 Å². The monoisotopic (exact) mass is 171 g/mol. The molecule has 68 valence electrons. The Balaban J connectivity index is 2.17. The van der Waals surface area contributed by atoms with Gasteiger partial charge in [0.1, 0.15) is 6.54 Å². The summed E-state index contributed by atoms with van der Waals surface area (Å²) in [6.07, 6.45) is 1.79. The second-order valence-corrected chi connectivity index (χ2v) is 3.39. The van der Waals surface area contributed by atoms with Crippen molar-refractivity contribution in [2.45, 2.75) is 19.8 Å². The third-order valence-electron chi connectivity index (χ3n) is 2.16. The zero-order chi connectivity index (χ0) is 9.14. The predicted octanol–water partition coefficient (Wildman–Crippen LogP) is 0.233. The van der Waals surface area contributed by atoms with Crippen molar-refractivity contribution >= 4 is 11.9 Å². The molecule has 12 heavy (non-hydrogen) atoms. The number of carboxylic acids is 1. The number of carbonyl (C=O) groups excluding carboxylic acids is 1. The van der Waals surface area contributed by atoms with Gasteiger partial charge in [-0.15, -0.1) is 0 Å². The highest BCUT2D eigenvalue weighted by molar-refractivity contribution is 5.83. The third kappa shape index (κ3) is 2.22. The number of nitrogens with one attached hydrogen (secondary N) is 1. The SMILES string of the molecule is CC1CC(C(=O)NCC(=O)O)C1. The number of carbonyl (C=O) groups is 2. The fourth-order valence-corrected chi connectivity index (χ4v) is 1.42. The van der Waals surface area contributed by atoms with E-state index >= 15 is 0 Å². The summed E-state index contributed by atoms with van der Waals surface area (Å²) in [6.45, 7) is 1.82. The molecule has 0 saturated heterocycles. The van der Waals surface area contributed by atoms with Gasteiger partial charge in [-0.05, 0) is 18.8 Å². The van der Waals surface area contributed by atoms with Gasteiger partial charge >= 0.3 is 5.97 Å². The molecule has 0 atom stereocenters. The fraction of sp³-hybridized carbons (Fsp3) is 0.750. The molecule has 4 nitrogen and oxygen atoms in total. The number of amides is 1. The number of hydrogen-bond acceptors (Lipinski definition) is 2. The summed E-state index contributed by atoms with van der Waals surface area (Å²) < 4.78 is 0. The Morgan fingerprint density at radius 3 is 2.50 bits per heavy atom. The minimum atomic E-state index is -0.990. The smallest absolute Gasteiger partial charge is 0.322 e. The molecule has 1 aliphatic rings. The van der Waals surface area contributed by atoms with E-state index in [0.29, 0.717) is 5.92 Å². The number of hydrogen-bond donors (Lipinski definition) is 2. The van der Waals surface area contributed by atoms with Gasteiger partial charge in [0.2, 0.25) is 5.91 Å². The topological polar surface area (TPSA) is 66.4 Å². The van der Waals surface area contributed by atoms with Crippen LogP contribution in [0.25, 0.3) is 0 Å². The molecule has 0 aromatic heterocycles. The molecule has 0 aromatic rings. The van der Waals surface area contributed by atoms with Crippen molar-refractivity contribution in [3.63, 3.8) is 0 Å². The van der Waals surface area contributed by atoms with Crippen molar-refractivity contribution < 1.29 is 14.7 Å². The Labute approximate surface area is 71.0 Å². The molecule has 0 bridgehead atoms. The van der Waals surface area contributed by atoms with Crippen molar-refractivity contribution in [2.24, 2.45) is 11.8 Å². The first kappa shape index (κ1) is 9.03. The quantitative estimate of drug-likeness (QED) is 0.639. The van der Waals surface area contributed by atoms with E-state index < -0.39 is 5.97 Å². The molecule has 0 spiro atoms. The first-order valence-corrected chi connectivity index (χ1v) is 4.09. The van der Waals surface area contributed by atoms with Crippen molar-refractivity contribution in [3.8, 4) is 0 Å². The lowest BCUT2D eigenvalue weighted by atomic mass is 9.76. The lowest BCUT2D eigenvalue weighted by Crippen LogP contribution is -2.40. The van der Waals surface area contributed by atoms with Gasteiger partial charge in [0.25, 0.3) is 0 Å².